The molecule has 134 valence electrons. The topological polar surface area (TPSA) is 72.0 Å². The lowest BCUT2D eigenvalue weighted by molar-refractivity contribution is 0.601. The zero-order chi connectivity index (χ0) is 18.9. The molecule has 0 fully saturated rings. The summed E-state index contributed by atoms with van der Waals surface area (Å²) in [5.41, 5.74) is 3.82. The minimum Gasteiger partial charge on any atom is -0.277 e. The Labute approximate surface area is 157 Å². The number of pyridine rings is 2. The second-order valence-corrected chi connectivity index (χ2v) is 7.91. The second-order valence-electron chi connectivity index (χ2n) is 6.22. The highest BCUT2D eigenvalue weighted by Gasteiger charge is 2.17. The molecule has 2 aromatic heterocycles. The summed E-state index contributed by atoms with van der Waals surface area (Å²) in [5.74, 6) is 0. The fourth-order valence-electron chi connectivity index (χ4n) is 3.02. The van der Waals surface area contributed by atoms with Gasteiger partial charge in [0.25, 0.3) is 10.0 Å². The number of fused-ring (bicyclic) bond motifs is 1. The molecule has 5 nitrogen and oxygen atoms in total. The summed E-state index contributed by atoms with van der Waals surface area (Å²) in [7, 11) is -3.71. The Balaban J connectivity index is 1.82. The predicted molar refractivity (Wildman–Crippen MR) is 107 cm³/mol. The average Bonchev–Trinajstić information content (AvgIpc) is 2.69. The fraction of sp³-hybridized carbons (Fsp3) is 0.0476. The average molecular weight is 375 g/mol. The molecule has 0 spiro atoms. The van der Waals surface area contributed by atoms with Gasteiger partial charge in [-0.3, -0.25) is 14.7 Å². The van der Waals surface area contributed by atoms with Gasteiger partial charge in [-0.05, 0) is 48.4 Å². The van der Waals surface area contributed by atoms with Crippen molar-refractivity contribution >= 4 is 26.6 Å². The van der Waals surface area contributed by atoms with Gasteiger partial charge in [0.05, 0.1) is 16.1 Å². The minimum absolute atomic E-state index is 0.225. The molecule has 0 aliphatic heterocycles. The molecule has 0 saturated heterocycles. The van der Waals surface area contributed by atoms with Crippen molar-refractivity contribution in [2.75, 3.05) is 4.72 Å². The molecule has 0 bridgehead atoms. The Kier molecular flexibility index (Phi) is 4.33. The molecule has 1 N–H and O–H groups in total. The van der Waals surface area contributed by atoms with Crippen LogP contribution in [0.15, 0.2) is 84.1 Å². The maximum atomic E-state index is 12.8. The summed E-state index contributed by atoms with van der Waals surface area (Å²) in [5, 5.41) is 0.856. The van der Waals surface area contributed by atoms with Gasteiger partial charge < -0.3 is 0 Å². The summed E-state index contributed by atoms with van der Waals surface area (Å²) >= 11 is 0. The summed E-state index contributed by atoms with van der Waals surface area (Å²) in [6.45, 7) is 1.86. The van der Waals surface area contributed by atoms with Crippen molar-refractivity contribution in [2.24, 2.45) is 0 Å². The van der Waals surface area contributed by atoms with Crippen LogP contribution >= 0.6 is 0 Å². The first-order valence-corrected chi connectivity index (χ1v) is 9.90. The first kappa shape index (κ1) is 17.2. The maximum Gasteiger partial charge on any atom is 0.261 e. The molecule has 2 aromatic carbocycles. The van der Waals surface area contributed by atoms with Crippen LogP contribution in [-0.4, -0.2) is 18.4 Å². The maximum absolute atomic E-state index is 12.8. The predicted octanol–water partition coefficient (Wildman–Crippen LogP) is 4.41. The molecule has 0 saturated carbocycles. The van der Waals surface area contributed by atoms with Gasteiger partial charge in [-0.15, -0.1) is 0 Å². The van der Waals surface area contributed by atoms with Crippen molar-refractivity contribution in [3.05, 3.63) is 84.8 Å². The summed E-state index contributed by atoms with van der Waals surface area (Å²) in [6.07, 6.45) is 5.15. The molecule has 4 rings (SSSR count). The molecule has 0 aliphatic rings. The quantitative estimate of drug-likeness (QED) is 0.574. The van der Waals surface area contributed by atoms with Crippen LogP contribution in [0.25, 0.3) is 22.0 Å². The number of aromatic nitrogens is 2. The Morgan fingerprint density at radius 2 is 1.78 bits per heavy atom. The van der Waals surface area contributed by atoms with E-state index in [-0.39, 0.29) is 4.90 Å². The van der Waals surface area contributed by atoms with E-state index in [0.29, 0.717) is 11.2 Å². The van der Waals surface area contributed by atoms with Crippen molar-refractivity contribution in [2.45, 2.75) is 11.8 Å². The minimum atomic E-state index is -3.71. The molecular weight excluding hydrogens is 358 g/mol. The fourth-order valence-corrected chi connectivity index (χ4v) is 4.19. The van der Waals surface area contributed by atoms with E-state index in [1.807, 2.05) is 43.3 Å². The van der Waals surface area contributed by atoms with Crippen LogP contribution in [0.3, 0.4) is 0 Å². The van der Waals surface area contributed by atoms with Gasteiger partial charge >= 0.3 is 0 Å². The SMILES string of the molecule is Cc1cccc(S(=O)(=O)Nc2ccc(-c3cccnc3)c3cccnc23)c1. The highest BCUT2D eigenvalue weighted by molar-refractivity contribution is 7.92. The summed E-state index contributed by atoms with van der Waals surface area (Å²) in [6, 6.07) is 18.0. The standard InChI is InChI=1S/C21H17N3O2S/c1-15-5-2-7-17(13-15)27(25,26)24-20-10-9-18(16-6-3-11-22-14-16)19-8-4-12-23-21(19)20/h2-14,24H,1H3. The highest BCUT2D eigenvalue weighted by Crippen LogP contribution is 2.32. The van der Waals surface area contributed by atoms with Gasteiger partial charge in [-0.25, -0.2) is 8.42 Å². The number of nitrogens with zero attached hydrogens (tertiary/aromatic N) is 2. The first-order chi connectivity index (χ1) is 13.0. The van der Waals surface area contributed by atoms with E-state index in [9.17, 15) is 8.42 Å². The van der Waals surface area contributed by atoms with Crippen molar-refractivity contribution in [3.8, 4) is 11.1 Å². The van der Waals surface area contributed by atoms with Crippen molar-refractivity contribution in [1.82, 2.24) is 9.97 Å². The van der Waals surface area contributed by atoms with Gasteiger partial charge in [0.2, 0.25) is 0 Å². The normalized spacial score (nSPS) is 11.4. The first-order valence-electron chi connectivity index (χ1n) is 8.42. The molecule has 0 radical (unpaired) electrons. The third-order valence-corrected chi connectivity index (χ3v) is 5.65. The van der Waals surface area contributed by atoms with Gasteiger partial charge in [-0.1, -0.05) is 30.3 Å². The molecular formula is C21H17N3O2S. The van der Waals surface area contributed by atoms with Crippen LogP contribution in [0, 0.1) is 6.92 Å². The van der Waals surface area contributed by atoms with Crippen molar-refractivity contribution < 1.29 is 8.42 Å². The van der Waals surface area contributed by atoms with Crippen molar-refractivity contribution in [3.63, 3.8) is 0 Å². The van der Waals surface area contributed by atoms with Gasteiger partial charge in [-0.2, -0.15) is 0 Å². The molecule has 0 unspecified atom stereocenters. The van der Waals surface area contributed by atoms with E-state index < -0.39 is 10.0 Å². The molecule has 6 heteroatoms. The van der Waals surface area contributed by atoms with E-state index in [0.717, 1.165) is 22.1 Å². The monoisotopic (exact) mass is 375 g/mol. The molecule has 27 heavy (non-hydrogen) atoms. The Bertz CT molecular complexity index is 1220. The number of anilines is 1. The van der Waals surface area contributed by atoms with Gasteiger partial charge in [0.1, 0.15) is 0 Å². The number of sulfonamides is 1. The number of aryl methyl sites for hydroxylation is 1. The van der Waals surface area contributed by atoms with E-state index >= 15 is 0 Å². The van der Waals surface area contributed by atoms with E-state index in [4.69, 9.17) is 0 Å². The zero-order valence-corrected chi connectivity index (χ0v) is 15.4. The van der Waals surface area contributed by atoms with Crippen LogP contribution in [-0.2, 0) is 10.0 Å². The number of hydrogen-bond donors (Lipinski definition) is 1. The largest absolute Gasteiger partial charge is 0.277 e. The molecule has 0 aliphatic carbocycles. The zero-order valence-electron chi connectivity index (χ0n) is 14.6. The third kappa shape index (κ3) is 3.39. The van der Waals surface area contributed by atoms with E-state index in [1.165, 1.54) is 0 Å². The number of hydrogen-bond acceptors (Lipinski definition) is 4. The Morgan fingerprint density at radius 3 is 2.56 bits per heavy atom. The van der Waals surface area contributed by atoms with E-state index in [1.54, 1.807) is 42.9 Å². The van der Waals surface area contributed by atoms with Gasteiger partial charge in [0, 0.05) is 29.5 Å². The third-order valence-electron chi connectivity index (χ3n) is 4.29. The molecule has 0 amide bonds. The summed E-state index contributed by atoms with van der Waals surface area (Å²) in [4.78, 5) is 8.81. The second kappa shape index (κ2) is 6.81. The van der Waals surface area contributed by atoms with Crippen LogP contribution in [0.4, 0.5) is 5.69 Å². The molecule has 4 aromatic rings. The number of nitrogens with one attached hydrogen (secondary N) is 1. The number of rotatable bonds is 4. The van der Waals surface area contributed by atoms with Crippen LogP contribution in [0.2, 0.25) is 0 Å². The lowest BCUT2D eigenvalue weighted by Gasteiger charge is -2.13. The lowest BCUT2D eigenvalue weighted by atomic mass is 10.0. The van der Waals surface area contributed by atoms with Crippen LogP contribution in [0.5, 0.6) is 0 Å². The van der Waals surface area contributed by atoms with Gasteiger partial charge in [0.15, 0.2) is 0 Å². The Morgan fingerprint density at radius 1 is 0.926 bits per heavy atom. The van der Waals surface area contributed by atoms with E-state index in [2.05, 4.69) is 14.7 Å². The molecule has 2 heterocycles. The Hall–Kier alpha value is -3.25. The lowest BCUT2D eigenvalue weighted by Crippen LogP contribution is -2.13. The number of benzene rings is 2. The van der Waals surface area contributed by atoms with Crippen molar-refractivity contribution in [1.29, 1.82) is 0 Å². The molecule has 0 atom stereocenters. The smallest absolute Gasteiger partial charge is 0.261 e. The highest BCUT2D eigenvalue weighted by atomic mass is 32.2. The van der Waals surface area contributed by atoms with Crippen LogP contribution in [0.1, 0.15) is 5.56 Å². The van der Waals surface area contributed by atoms with Crippen LogP contribution < -0.4 is 4.72 Å². The summed E-state index contributed by atoms with van der Waals surface area (Å²) < 4.78 is 28.3.